The fourth-order valence-electron chi connectivity index (χ4n) is 2.39. The van der Waals surface area contributed by atoms with Crippen LogP contribution in [0.25, 0.3) is 0 Å². The predicted molar refractivity (Wildman–Crippen MR) is 75.3 cm³/mol. The molecule has 1 heterocycles. The van der Waals surface area contributed by atoms with Gasteiger partial charge in [-0.25, -0.2) is 0 Å². The number of piperidine rings is 1. The number of amides is 1. The standard InChI is InChI=1S/C15H22N2O2/c1-12-6-3-4-8-14(12)19-11-15(18)17-9-5-7-13(10-17)16-2/h3-4,6,8,13,16H,5,7,9-11H2,1-2H3/t13-/m0/s1. The Morgan fingerprint density at radius 3 is 3.00 bits per heavy atom. The lowest BCUT2D eigenvalue weighted by atomic mass is 10.1. The Balaban J connectivity index is 1.86. The van der Waals surface area contributed by atoms with E-state index in [0.717, 1.165) is 37.2 Å². The number of likely N-dealkylation sites (N-methyl/N-ethyl adjacent to an activating group) is 1. The minimum absolute atomic E-state index is 0.0724. The Hall–Kier alpha value is -1.55. The van der Waals surface area contributed by atoms with Crippen molar-refractivity contribution in [3.05, 3.63) is 29.8 Å². The van der Waals surface area contributed by atoms with Crippen LogP contribution in [0.15, 0.2) is 24.3 Å². The number of nitrogens with zero attached hydrogens (tertiary/aromatic N) is 1. The van der Waals surface area contributed by atoms with E-state index in [1.54, 1.807) is 0 Å². The molecule has 1 aliphatic rings. The molecule has 0 unspecified atom stereocenters. The van der Waals surface area contributed by atoms with Crippen LogP contribution < -0.4 is 10.1 Å². The van der Waals surface area contributed by atoms with Gasteiger partial charge in [-0.1, -0.05) is 18.2 Å². The number of nitrogens with one attached hydrogen (secondary N) is 1. The summed E-state index contributed by atoms with van der Waals surface area (Å²) in [5.74, 6) is 0.862. The number of hydrogen-bond donors (Lipinski definition) is 1. The molecular weight excluding hydrogens is 240 g/mol. The van der Waals surface area contributed by atoms with Crippen molar-refractivity contribution >= 4 is 5.91 Å². The average molecular weight is 262 g/mol. The Labute approximate surface area is 114 Å². The zero-order valence-corrected chi connectivity index (χ0v) is 11.7. The van der Waals surface area contributed by atoms with Crippen molar-refractivity contribution in [2.45, 2.75) is 25.8 Å². The number of carbonyl (C=O) groups is 1. The zero-order chi connectivity index (χ0) is 13.7. The van der Waals surface area contributed by atoms with Crippen molar-refractivity contribution in [3.63, 3.8) is 0 Å². The molecule has 104 valence electrons. The molecule has 19 heavy (non-hydrogen) atoms. The van der Waals surface area contributed by atoms with Crippen molar-refractivity contribution in [3.8, 4) is 5.75 Å². The molecule has 4 nitrogen and oxygen atoms in total. The molecule has 0 aliphatic carbocycles. The first-order valence-corrected chi connectivity index (χ1v) is 6.84. The van der Waals surface area contributed by atoms with Crippen molar-refractivity contribution in [2.75, 3.05) is 26.7 Å². The number of likely N-dealkylation sites (tertiary alicyclic amines) is 1. The van der Waals surface area contributed by atoms with Crippen LogP contribution in [0.2, 0.25) is 0 Å². The Morgan fingerprint density at radius 2 is 2.26 bits per heavy atom. The summed E-state index contributed by atoms with van der Waals surface area (Å²) in [6.07, 6.45) is 2.19. The number of rotatable bonds is 4. The molecule has 1 aliphatic heterocycles. The monoisotopic (exact) mass is 262 g/mol. The summed E-state index contributed by atoms with van der Waals surface area (Å²) in [5.41, 5.74) is 1.06. The maximum atomic E-state index is 12.1. The first-order valence-electron chi connectivity index (χ1n) is 6.84. The maximum absolute atomic E-state index is 12.1. The van der Waals surface area contributed by atoms with Crippen LogP contribution in [0.5, 0.6) is 5.75 Å². The lowest BCUT2D eigenvalue weighted by molar-refractivity contribution is -0.134. The minimum atomic E-state index is 0.0724. The van der Waals surface area contributed by atoms with Gasteiger partial charge >= 0.3 is 0 Å². The van der Waals surface area contributed by atoms with Crippen LogP contribution in [0, 0.1) is 6.92 Å². The van der Waals surface area contributed by atoms with Gasteiger partial charge in [-0.15, -0.1) is 0 Å². The summed E-state index contributed by atoms with van der Waals surface area (Å²) in [5, 5.41) is 3.24. The smallest absolute Gasteiger partial charge is 0.260 e. The molecule has 0 radical (unpaired) electrons. The molecule has 4 heteroatoms. The number of hydrogen-bond acceptors (Lipinski definition) is 3. The molecule has 0 spiro atoms. The third-order valence-corrected chi connectivity index (χ3v) is 3.63. The average Bonchev–Trinajstić information content (AvgIpc) is 2.46. The van der Waals surface area contributed by atoms with Gasteiger partial charge in [0.25, 0.3) is 5.91 Å². The van der Waals surface area contributed by atoms with Gasteiger partial charge in [-0.2, -0.15) is 0 Å². The van der Waals surface area contributed by atoms with E-state index >= 15 is 0 Å². The molecule has 1 aromatic rings. The van der Waals surface area contributed by atoms with Gasteiger partial charge in [0.05, 0.1) is 0 Å². The molecule has 2 rings (SSSR count). The van der Waals surface area contributed by atoms with E-state index in [-0.39, 0.29) is 12.5 Å². The van der Waals surface area contributed by atoms with Gasteiger partial charge in [0.15, 0.2) is 6.61 Å². The molecule has 1 fully saturated rings. The van der Waals surface area contributed by atoms with Gasteiger partial charge < -0.3 is 15.0 Å². The molecule has 0 bridgehead atoms. The van der Waals surface area contributed by atoms with Crippen molar-refractivity contribution in [1.82, 2.24) is 10.2 Å². The van der Waals surface area contributed by atoms with Crippen LogP contribution in [-0.2, 0) is 4.79 Å². The molecular formula is C15H22N2O2. The van der Waals surface area contributed by atoms with Crippen LogP contribution in [-0.4, -0.2) is 43.6 Å². The van der Waals surface area contributed by atoms with Crippen molar-refractivity contribution in [2.24, 2.45) is 0 Å². The Kier molecular flexibility index (Phi) is 4.80. The summed E-state index contributed by atoms with van der Waals surface area (Å²) in [4.78, 5) is 14.0. The zero-order valence-electron chi connectivity index (χ0n) is 11.7. The Bertz CT molecular complexity index is 434. The second-order valence-corrected chi connectivity index (χ2v) is 5.02. The molecule has 1 aromatic carbocycles. The summed E-state index contributed by atoms with van der Waals surface area (Å²) in [7, 11) is 1.95. The van der Waals surface area contributed by atoms with E-state index in [4.69, 9.17) is 4.74 Å². The van der Waals surface area contributed by atoms with E-state index < -0.39 is 0 Å². The summed E-state index contributed by atoms with van der Waals surface area (Å²) >= 11 is 0. The summed E-state index contributed by atoms with van der Waals surface area (Å²) < 4.78 is 5.61. The second-order valence-electron chi connectivity index (χ2n) is 5.02. The van der Waals surface area contributed by atoms with E-state index in [2.05, 4.69) is 5.32 Å². The molecule has 1 atom stereocenters. The van der Waals surface area contributed by atoms with Crippen LogP contribution in [0.1, 0.15) is 18.4 Å². The highest BCUT2D eigenvalue weighted by Gasteiger charge is 2.22. The quantitative estimate of drug-likeness (QED) is 0.896. The van der Waals surface area contributed by atoms with Crippen molar-refractivity contribution in [1.29, 1.82) is 0 Å². The Morgan fingerprint density at radius 1 is 1.47 bits per heavy atom. The highest BCUT2D eigenvalue weighted by molar-refractivity contribution is 5.78. The number of carbonyl (C=O) groups excluding carboxylic acids is 1. The predicted octanol–water partition coefficient (Wildman–Crippen LogP) is 1.58. The molecule has 1 saturated heterocycles. The number of aryl methyl sites for hydroxylation is 1. The van der Waals surface area contributed by atoms with Gasteiger partial charge in [0.1, 0.15) is 5.75 Å². The van der Waals surface area contributed by atoms with E-state index in [9.17, 15) is 4.79 Å². The van der Waals surface area contributed by atoms with E-state index in [1.165, 1.54) is 0 Å². The first kappa shape index (κ1) is 13.9. The maximum Gasteiger partial charge on any atom is 0.260 e. The molecule has 1 amide bonds. The number of benzene rings is 1. The molecule has 0 aromatic heterocycles. The third kappa shape index (κ3) is 3.70. The third-order valence-electron chi connectivity index (χ3n) is 3.63. The normalized spacial score (nSPS) is 19.3. The van der Waals surface area contributed by atoms with Crippen molar-refractivity contribution < 1.29 is 9.53 Å². The topological polar surface area (TPSA) is 41.6 Å². The van der Waals surface area contributed by atoms with Crippen LogP contribution >= 0.6 is 0 Å². The fourth-order valence-corrected chi connectivity index (χ4v) is 2.39. The molecule has 0 saturated carbocycles. The highest BCUT2D eigenvalue weighted by atomic mass is 16.5. The lowest BCUT2D eigenvalue weighted by Gasteiger charge is -2.32. The van der Waals surface area contributed by atoms with E-state index in [0.29, 0.717) is 6.04 Å². The van der Waals surface area contributed by atoms with Crippen LogP contribution in [0.4, 0.5) is 0 Å². The second kappa shape index (κ2) is 6.57. The van der Waals surface area contributed by atoms with Gasteiger partial charge in [0, 0.05) is 19.1 Å². The number of ether oxygens (including phenoxy) is 1. The SMILES string of the molecule is CN[C@H]1CCCN(C(=O)COc2ccccc2C)C1. The fraction of sp³-hybridized carbons (Fsp3) is 0.533. The van der Waals surface area contributed by atoms with Gasteiger partial charge in [-0.05, 0) is 38.4 Å². The van der Waals surface area contributed by atoms with E-state index in [1.807, 2.05) is 43.1 Å². The minimum Gasteiger partial charge on any atom is -0.484 e. The highest BCUT2D eigenvalue weighted by Crippen LogP contribution is 2.16. The molecule has 1 N–H and O–H groups in total. The summed E-state index contributed by atoms with van der Waals surface area (Å²) in [6.45, 7) is 3.74. The first-order chi connectivity index (χ1) is 9.20. The largest absolute Gasteiger partial charge is 0.484 e. The summed E-state index contributed by atoms with van der Waals surface area (Å²) in [6, 6.07) is 8.18. The van der Waals surface area contributed by atoms with Crippen LogP contribution in [0.3, 0.4) is 0 Å². The lowest BCUT2D eigenvalue weighted by Crippen LogP contribution is -2.48. The van der Waals surface area contributed by atoms with Gasteiger partial charge in [-0.3, -0.25) is 4.79 Å². The number of para-hydroxylation sites is 1. The van der Waals surface area contributed by atoms with Gasteiger partial charge in [0.2, 0.25) is 0 Å².